The maximum absolute atomic E-state index is 13.4. The summed E-state index contributed by atoms with van der Waals surface area (Å²) >= 11 is 6.30. The quantitative estimate of drug-likeness (QED) is 0.521. The average molecular weight is 418 g/mol. The van der Waals surface area contributed by atoms with Gasteiger partial charge in [-0.15, -0.1) is 0 Å². The van der Waals surface area contributed by atoms with Crippen LogP contribution in [-0.4, -0.2) is 19.5 Å². The standard InChI is InChI=1S/C21H16ClN7O/c1-12(27-19-14(10-23)18(24)25-11-26-19)20-28-16-9-5-8-15(22)17(16)21(30)29(20)13-6-3-2-4-7-13/h2-9,11-12H,1H3,(H3,24,25,26,27)/t12-/m1/s1. The van der Waals surface area contributed by atoms with Gasteiger partial charge in [0.05, 0.1) is 27.7 Å². The molecule has 0 amide bonds. The zero-order chi connectivity index (χ0) is 21.3. The predicted molar refractivity (Wildman–Crippen MR) is 116 cm³/mol. The number of hydrogen-bond acceptors (Lipinski definition) is 7. The minimum Gasteiger partial charge on any atom is -0.382 e. The molecule has 0 saturated carbocycles. The van der Waals surface area contributed by atoms with Gasteiger partial charge in [-0.3, -0.25) is 9.36 Å². The molecule has 148 valence electrons. The van der Waals surface area contributed by atoms with E-state index in [0.29, 0.717) is 27.4 Å². The van der Waals surface area contributed by atoms with E-state index in [0.717, 1.165) is 0 Å². The molecule has 4 rings (SSSR count). The normalized spacial score (nSPS) is 11.8. The van der Waals surface area contributed by atoms with Crippen molar-refractivity contribution in [2.24, 2.45) is 0 Å². The van der Waals surface area contributed by atoms with Gasteiger partial charge in [-0.1, -0.05) is 35.9 Å². The van der Waals surface area contributed by atoms with Crippen molar-refractivity contribution in [3.63, 3.8) is 0 Å². The largest absolute Gasteiger partial charge is 0.382 e. The third-order valence-electron chi connectivity index (χ3n) is 4.62. The lowest BCUT2D eigenvalue weighted by Gasteiger charge is -2.20. The number of benzene rings is 2. The predicted octanol–water partition coefficient (Wildman–Crippen LogP) is 3.46. The van der Waals surface area contributed by atoms with E-state index in [1.165, 1.54) is 10.9 Å². The lowest BCUT2D eigenvalue weighted by Crippen LogP contribution is -2.27. The second-order valence-electron chi connectivity index (χ2n) is 6.54. The first-order valence-corrected chi connectivity index (χ1v) is 9.42. The molecule has 0 bridgehead atoms. The van der Waals surface area contributed by atoms with Crippen LogP contribution >= 0.6 is 11.6 Å². The number of rotatable bonds is 4. The average Bonchev–Trinajstić information content (AvgIpc) is 2.74. The molecule has 0 aliphatic carbocycles. The molecule has 1 atom stereocenters. The molecule has 0 aliphatic rings. The van der Waals surface area contributed by atoms with Gasteiger partial charge in [0.25, 0.3) is 5.56 Å². The topological polar surface area (TPSA) is 123 Å². The highest BCUT2D eigenvalue weighted by Gasteiger charge is 2.21. The van der Waals surface area contributed by atoms with Crippen LogP contribution in [0.4, 0.5) is 11.6 Å². The Hall–Kier alpha value is -3.96. The van der Waals surface area contributed by atoms with Crippen LogP contribution in [0.2, 0.25) is 5.02 Å². The van der Waals surface area contributed by atoms with Crippen LogP contribution in [0.3, 0.4) is 0 Å². The number of nitrogens with one attached hydrogen (secondary N) is 1. The molecule has 0 aliphatic heterocycles. The molecule has 2 aromatic heterocycles. The molecule has 8 nitrogen and oxygen atoms in total. The molecule has 0 radical (unpaired) electrons. The summed E-state index contributed by atoms with van der Waals surface area (Å²) in [6.07, 6.45) is 1.27. The molecule has 30 heavy (non-hydrogen) atoms. The van der Waals surface area contributed by atoms with E-state index in [-0.39, 0.29) is 22.8 Å². The fraction of sp³-hybridized carbons (Fsp3) is 0.0952. The van der Waals surface area contributed by atoms with Gasteiger partial charge >= 0.3 is 0 Å². The zero-order valence-corrected chi connectivity index (χ0v) is 16.6. The third-order valence-corrected chi connectivity index (χ3v) is 4.93. The summed E-state index contributed by atoms with van der Waals surface area (Å²) in [6.45, 7) is 1.82. The summed E-state index contributed by atoms with van der Waals surface area (Å²) in [6, 6.07) is 15.8. The zero-order valence-electron chi connectivity index (χ0n) is 15.9. The molecule has 3 N–H and O–H groups in total. The van der Waals surface area contributed by atoms with E-state index >= 15 is 0 Å². The lowest BCUT2D eigenvalue weighted by molar-refractivity contribution is 0.730. The Morgan fingerprint density at radius 1 is 1.17 bits per heavy atom. The number of halogens is 1. The maximum atomic E-state index is 13.4. The second-order valence-corrected chi connectivity index (χ2v) is 6.95. The van der Waals surface area contributed by atoms with Crippen molar-refractivity contribution in [1.29, 1.82) is 5.26 Å². The van der Waals surface area contributed by atoms with Crippen LogP contribution in [0, 0.1) is 11.3 Å². The van der Waals surface area contributed by atoms with Gasteiger partial charge in [0, 0.05) is 0 Å². The van der Waals surface area contributed by atoms with Gasteiger partial charge in [0.2, 0.25) is 0 Å². The van der Waals surface area contributed by atoms with Crippen molar-refractivity contribution < 1.29 is 0 Å². The molecular formula is C21H16ClN7O. The SMILES string of the molecule is C[C@@H](Nc1ncnc(N)c1C#N)c1nc2cccc(Cl)c2c(=O)n1-c1ccccc1. The number of hydrogen-bond donors (Lipinski definition) is 2. The molecular weight excluding hydrogens is 402 g/mol. The highest BCUT2D eigenvalue weighted by atomic mass is 35.5. The van der Waals surface area contributed by atoms with Gasteiger partial charge in [-0.05, 0) is 31.2 Å². The molecule has 2 heterocycles. The van der Waals surface area contributed by atoms with Gasteiger partial charge in [-0.2, -0.15) is 5.26 Å². The van der Waals surface area contributed by atoms with E-state index in [2.05, 4.69) is 15.3 Å². The van der Waals surface area contributed by atoms with Gasteiger partial charge in [0.15, 0.2) is 0 Å². The Morgan fingerprint density at radius 2 is 1.93 bits per heavy atom. The van der Waals surface area contributed by atoms with E-state index in [4.69, 9.17) is 22.3 Å². The van der Waals surface area contributed by atoms with Gasteiger partial charge in [-0.25, -0.2) is 15.0 Å². The first-order valence-electron chi connectivity index (χ1n) is 9.05. The smallest absolute Gasteiger partial charge is 0.267 e. The molecule has 2 aromatic carbocycles. The van der Waals surface area contributed by atoms with Crippen molar-refractivity contribution in [3.8, 4) is 11.8 Å². The Kier molecular flexibility index (Phi) is 5.04. The van der Waals surface area contributed by atoms with Gasteiger partial charge in [0.1, 0.15) is 35.4 Å². The summed E-state index contributed by atoms with van der Waals surface area (Å²) in [4.78, 5) is 26.1. The lowest BCUT2D eigenvalue weighted by atomic mass is 10.2. The van der Waals surface area contributed by atoms with Crippen molar-refractivity contribution in [3.05, 3.63) is 81.6 Å². The van der Waals surface area contributed by atoms with E-state index in [9.17, 15) is 10.1 Å². The Morgan fingerprint density at radius 3 is 2.67 bits per heavy atom. The Balaban J connectivity index is 1.93. The molecule has 0 saturated heterocycles. The number of aromatic nitrogens is 4. The Bertz CT molecular complexity index is 1350. The highest BCUT2D eigenvalue weighted by molar-refractivity contribution is 6.35. The van der Waals surface area contributed by atoms with Crippen LogP contribution in [0.5, 0.6) is 0 Å². The van der Waals surface area contributed by atoms with Crippen LogP contribution < -0.4 is 16.6 Å². The molecule has 0 fully saturated rings. The maximum Gasteiger partial charge on any atom is 0.267 e. The summed E-state index contributed by atoms with van der Waals surface area (Å²) in [5.41, 5.74) is 6.74. The van der Waals surface area contributed by atoms with Crippen LogP contribution in [0.1, 0.15) is 24.4 Å². The minimum atomic E-state index is -0.498. The number of nitriles is 1. The van der Waals surface area contributed by atoms with E-state index in [1.807, 2.05) is 43.3 Å². The molecule has 4 aromatic rings. The monoisotopic (exact) mass is 417 g/mol. The fourth-order valence-corrected chi connectivity index (χ4v) is 3.46. The number of nitrogen functional groups attached to an aromatic ring is 1. The van der Waals surface area contributed by atoms with Crippen molar-refractivity contribution >= 4 is 34.1 Å². The number of anilines is 2. The molecule has 0 spiro atoms. The van der Waals surface area contributed by atoms with E-state index in [1.54, 1.807) is 18.2 Å². The number of nitrogens with two attached hydrogens (primary N) is 1. The third kappa shape index (κ3) is 3.32. The number of fused-ring (bicyclic) bond motifs is 1. The van der Waals surface area contributed by atoms with Gasteiger partial charge < -0.3 is 11.1 Å². The first-order chi connectivity index (χ1) is 14.5. The number of para-hydroxylation sites is 1. The van der Waals surface area contributed by atoms with Crippen LogP contribution in [0.15, 0.2) is 59.7 Å². The fourth-order valence-electron chi connectivity index (χ4n) is 3.21. The summed E-state index contributed by atoms with van der Waals surface area (Å²) in [5, 5.41) is 13.2. The minimum absolute atomic E-state index is 0.0703. The molecule has 0 unspecified atom stereocenters. The summed E-state index contributed by atoms with van der Waals surface area (Å²) in [5.74, 6) is 0.764. The van der Waals surface area contributed by atoms with Crippen molar-refractivity contribution in [2.45, 2.75) is 13.0 Å². The van der Waals surface area contributed by atoms with E-state index < -0.39 is 6.04 Å². The first kappa shape index (κ1) is 19.4. The Labute approximate surface area is 176 Å². The summed E-state index contributed by atoms with van der Waals surface area (Å²) < 4.78 is 1.50. The van der Waals surface area contributed by atoms with Crippen molar-refractivity contribution in [2.75, 3.05) is 11.1 Å². The highest BCUT2D eigenvalue weighted by Crippen LogP contribution is 2.25. The second kappa shape index (κ2) is 7.81. The summed E-state index contributed by atoms with van der Waals surface area (Å²) in [7, 11) is 0. The molecule has 9 heteroatoms. The van der Waals surface area contributed by atoms with Crippen LogP contribution in [0.25, 0.3) is 16.6 Å². The number of nitrogens with zero attached hydrogens (tertiary/aromatic N) is 5. The van der Waals surface area contributed by atoms with Crippen molar-refractivity contribution in [1.82, 2.24) is 19.5 Å². The van der Waals surface area contributed by atoms with Crippen LogP contribution in [-0.2, 0) is 0 Å².